The van der Waals surface area contributed by atoms with Gasteiger partial charge in [0.15, 0.2) is 5.82 Å². The molecule has 0 amide bonds. The Balaban J connectivity index is 0.00000205. The van der Waals surface area contributed by atoms with E-state index in [-0.39, 0.29) is 29.4 Å². The summed E-state index contributed by atoms with van der Waals surface area (Å²) in [5.74, 6) is -1.17. The van der Waals surface area contributed by atoms with Gasteiger partial charge in [-0.15, -0.1) is 12.4 Å². The number of aromatic nitrogens is 1. The number of hydrogen-bond donors (Lipinski definition) is 2. The van der Waals surface area contributed by atoms with E-state index in [9.17, 15) is 14.7 Å². The van der Waals surface area contributed by atoms with Gasteiger partial charge in [-0.2, -0.15) is 0 Å². The molecule has 0 spiro atoms. The van der Waals surface area contributed by atoms with Gasteiger partial charge in [0.1, 0.15) is 5.56 Å². The molecule has 1 atom stereocenters. The molecular formula is C21H25ClFN3O3. The Morgan fingerprint density at radius 1 is 1.31 bits per heavy atom. The SMILES string of the molecule is Cc1c(N2CC[C@H](C3(N)CC3)C2)c(F)cn2c(=O)c(C(=O)O)cc(C3CC3)c12.Cl. The van der Waals surface area contributed by atoms with Crippen molar-refractivity contribution in [1.82, 2.24) is 4.40 Å². The summed E-state index contributed by atoms with van der Waals surface area (Å²) in [7, 11) is 0. The zero-order chi connectivity index (χ0) is 19.8. The summed E-state index contributed by atoms with van der Waals surface area (Å²) in [5, 5.41) is 9.40. The lowest BCUT2D eigenvalue weighted by molar-refractivity contribution is 0.0694. The van der Waals surface area contributed by atoms with Crippen molar-refractivity contribution in [2.45, 2.75) is 50.5 Å². The van der Waals surface area contributed by atoms with E-state index in [4.69, 9.17) is 5.73 Å². The molecule has 1 aliphatic heterocycles. The minimum absolute atomic E-state index is 0. The molecule has 2 aromatic heterocycles. The molecule has 5 rings (SSSR count). The van der Waals surface area contributed by atoms with E-state index in [1.165, 1.54) is 16.7 Å². The van der Waals surface area contributed by atoms with Crippen molar-refractivity contribution >= 4 is 29.6 Å². The first-order valence-electron chi connectivity index (χ1n) is 9.95. The summed E-state index contributed by atoms with van der Waals surface area (Å²) >= 11 is 0. The second-order valence-corrected chi connectivity index (χ2v) is 8.73. The number of pyridine rings is 2. The van der Waals surface area contributed by atoms with Crippen LogP contribution in [0, 0.1) is 18.7 Å². The third kappa shape index (κ3) is 3.11. The number of nitrogens with zero attached hydrogens (tertiary/aromatic N) is 2. The topological polar surface area (TPSA) is 88.0 Å². The first-order chi connectivity index (χ1) is 13.3. The number of carboxylic acids is 1. The molecule has 8 heteroatoms. The van der Waals surface area contributed by atoms with Gasteiger partial charge in [-0.05, 0) is 68.1 Å². The number of nitrogens with two attached hydrogens (primary N) is 1. The molecule has 0 bridgehead atoms. The second kappa shape index (κ2) is 6.71. The van der Waals surface area contributed by atoms with Gasteiger partial charge in [0, 0.05) is 18.6 Å². The number of carbonyl (C=O) groups is 1. The first kappa shape index (κ1) is 20.2. The molecule has 3 aliphatic rings. The molecule has 2 saturated carbocycles. The van der Waals surface area contributed by atoms with Crippen molar-refractivity contribution in [2.75, 3.05) is 18.0 Å². The number of aromatic carboxylic acids is 1. The molecule has 156 valence electrons. The Bertz CT molecular complexity index is 1080. The summed E-state index contributed by atoms with van der Waals surface area (Å²) in [6.07, 6.45) is 6.09. The van der Waals surface area contributed by atoms with Crippen LogP contribution in [-0.2, 0) is 0 Å². The Labute approximate surface area is 173 Å². The summed E-state index contributed by atoms with van der Waals surface area (Å²) < 4.78 is 16.4. The minimum Gasteiger partial charge on any atom is -0.477 e. The van der Waals surface area contributed by atoms with E-state index < -0.39 is 17.3 Å². The van der Waals surface area contributed by atoms with Crippen LogP contribution in [0.5, 0.6) is 0 Å². The predicted molar refractivity (Wildman–Crippen MR) is 111 cm³/mol. The molecule has 0 aromatic carbocycles. The third-order valence-electron chi connectivity index (χ3n) is 6.83. The third-order valence-corrected chi connectivity index (χ3v) is 6.83. The molecular weight excluding hydrogens is 397 g/mol. The summed E-state index contributed by atoms with van der Waals surface area (Å²) in [6.45, 7) is 3.30. The van der Waals surface area contributed by atoms with E-state index in [2.05, 4.69) is 4.90 Å². The highest BCUT2D eigenvalue weighted by Crippen LogP contribution is 2.46. The highest BCUT2D eigenvalue weighted by molar-refractivity contribution is 5.89. The maximum atomic E-state index is 15.2. The van der Waals surface area contributed by atoms with Crippen molar-refractivity contribution < 1.29 is 14.3 Å². The lowest BCUT2D eigenvalue weighted by atomic mass is 9.97. The maximum Gasteiger partial charge on any atom is 0.341 e. The van der Waals surface area contributed by atoms with Crippen molar-refractivity contribution in [3.63, 3.8) is 0 Å². The Kier molecular flexibility index (Phi) is 4.66. The molecule has 3 fully saturated rings. The molecule has 2 aromatic rings. The smallest absolute Gasteiger partial charge is 0.341 e. The van der Waals surface area contributed by atoms with Gasteiger partial charge in [-0.3, -0.25) is 9.20 Å². The van der Waals surface area contributed by atoms with Crippen LogP contribution in [0.1, 0.15) is 59.5 Å². The fraction of sp³-hybridized carbons (Fsp3) is 0.524. The average molecular weight is 422 g/mol. The van der Waals surface area contributed by atoms with Crippen LogP contribution in [0.4, 0.5) is 10.1 Å². The highest BCUT2D eigenvalue weighted by Gasteiger charge is 2.48. The van der Waals surface area contributed by atoms with E-state index in [0.29, 0.717) is 22.7 Å². The molecule has 3 N–H and O–H groups in total. The van der Waals surface area contributed by atoms with Crippen LogP contribution >= 0.6 is 12.4 Å². The number of fused-ring (bicyclic) bond motifs is 1. The van der Waals surface area contributed by atoms with Gasteiger partial charge in [0.05, 0.1) is 17.4 Å². The van der Waals surface area contributed by atoms with Crippen LogP contribution < -0.4 is 16.2 Å². The van der Waals surface area contributed by atoms with Crippen LogP contribution in [0.25, 0.3) is 5.52 Å². The van der Waals surface area contributed by atoms with Gasteiger partial charge >= 0.3 is 5.97 Å². The van der Waals surface area contributed by atoms with Crippen LogP contribution in [0.3, 0.4) is 0 Å². The Morgan fingerprint density at radius 2 is 2.00 bits per heavy atom. The first-order valence-corrected chi connectivity index (χ1v) is 9.95. The molecule has 2 aliphatic carbocycles. The number of hydrogen-bond acceptors (Lipinski definition) is 4. The molecule has 29 heavy (non-hydrogen) atoms. The summed E-state index contributed by atoms with van der Waals surface area (Å²) in [4.78, 5) is 26.2. The molecule has 0 unspecified atom stereocenters. The largest absolute Gasteiger partial charge is 0.477 e. The van der Waals surface area contributed by atoms with E-state index in [1.54, 1.807) is 0 Å². The second-order valence-electron chi connectivity index (χ2n) is 8.73. The van der Waals surface area contributed by atoms with Crippen LogP contribution in [-0.4, -0.2) is 34.1 Å². The average Bonchev–Trinajstić information content (AvgIpc) is 3.56. The molecule has 0 radical (unpaired) electrons. The van der Waals surface area contributed by atoms with E-state index in [1.807, 2.05) is 6.92 Å². The quantitative estimate of drug-likeness (QED) is 0.792. The lowest BCUT2D eigenvalue weighted by Gasteiger charge is -2.25. The summed E-state index contributed by atoms with van der Waals surface area (Å²) in [5.41, 5.74) is 8.02. The molecule has 1 saturated heterocycles. The van der Waals surface area contributed by atoms with Gasteiger partial charge in [0.2, 0.25) is 0 Å². The number of aryl methyl sites for hydroxylation is 1. The molecule has 3 heterocycles. The normalized spacial score (nSPS) is 22.6. The van der Waals surface area contributed by atoms with Crippen molar-refractivity contribution in [3.05, 3.63) is 45.1 Å². The standard InChI is InChI=1S/C21H24FN3O3.ClH/c1-11-17-14(12-2-3-12)8-15(20(27)28)19(26)25(17)10-16(22)18(11)24-7-4-13(9-24)21(23)5-6-21;/h8,10,12-13H,2-7,9,23H2,1H3,(H,27,28);1H/t13-;/m0./s1. The maximum absolute atomic E-state index is 15.2. The fourth-order valence-corrected chi connectivity index (χ4v) is 4.87. The van der Waals surface area contributed by atoms with Crippen molar-refractivity contribution in [1.29, 1.82) is 0 Å². The number of anilines is 1. The van der Waals surface area contributed by atoms with E-state index in [0.717, 1.165) is 50.8 Å². The van der Waals surface area contributed by atoms with Gasteiger partial charge in [0.25, 0.3) is 5.56 Å². The lowest BCUT2D eigenvalue weighted by Crippen LogP contribution is -2.35. The Morgan fingerprint density at radius 3 is 2.59 bits per heavy atom. The predicted octanol–water partition coefficient (Wildman–Crippen LogP) is 3.06. The van der Waals surface area contributed by atoms with Crippen LogP contribution in [0.2, 0.25) is 0 Å². The highest BCUT2D eigenvalue weighted by atomic mass is 35.5. The Hall–Kier alpha value is -2.12. The number of carboxylic acid groups (broad SMARTS) is 1. The van der Waals surface area contributed by atoms with Crippen molar-refractivity contribution in [3.8, 4) is 0 Å². The van der Waals surface area contributed by atoms with E-state index >= 15 is 4.39 Å². The van der Waals surface area contributed by atoms with Crippen LogP contribution in [0.15, 0.2) is 17.1 Å². The monoisotopic (exact) mass is 421 g/mol. The van der Waals surface area contributed by atoms with Gasteiger partial charge in [-0.1, -0.05) is 0 Å². The fourth-order valence-electron chi connectivity index (χ4n) is 4.87. The van der Waals surface area contributed by atoms with Crippen molar-refractivity contribution in [2.24, 2.45) is 11.7 Å². The minimum atomic E-state index is -1.27. The van der Waals surface area contributed by atoms with Gasteiger partial charge < -0.3 is 15.7 Å². The number of rotatable bonds is 4. The molecule has 6 nitrogen and oxygen atoms in total. The zero-order valence-electron chi connectivity index (χ0n) is 16.3. The number of halogens is 2. The zero-order valence-corrected chi connectivity index (χ0v) is 17.1. The summed E-state index contributed by atoms with van der Waals surface area (Å²) in [6, 6.07) is 1.50. The van der Waals surface area contributed by atoms with Gasteiger partial charge in [-0.25, -0.2) is 9.18 Å².